The third kappa shape index (κ3) is 4.38. The molecule has 0 spiro atoms. The second-order valence-corrected chi connectivity index (χ2v) is 5.96. The Morgan fingerprint density at radius 1 is 1.19 bits per heavy atom. The zero-order valence-electron chi connectivity index (χ0n) is 14.8. The Bertz CT molecular complexity index is 934. The minimum absolute atomic E-state index is 0.187. The zero-order chi connectivity index (χ0) is 19.2. The first kappa shape index (κ1) is 18.7. The molecule has 27 heavy (non-hydrogen) atoms. The number of cyclic esters (lactones) is 1. The molecule has 0 amide bonds. The van der Waals surface area contributed by atoms with Gasteiger partial charge in [0.15, 0.2) is 17.2 Å². The number of nitrogens with zero attached hydrogens (tertiary/aromatic N) is 1. The van der Waals surface area contributed by atoms with Gasteiger partial charge in [-0.1, -0.05) is 42.5 Å². The predicted octanol–water partition coefficient (Wildman–Crippen LogP) is 4.65. The normalized spacial score (nSPS) is 14.7. The molecule has 1 aliphatic rings. The van der Waals surface area contributed by atoms with E-state index in [1.54, 1.807) is 48.6 Å². The van der Waals surface area contributed by atoms with E-state index in [1.807, 2.05) is 13.0 Å². The summed E-state index contributed by atoms with van der Waals surface area (Å²) in [7, 11) is 0. The molecular formula is C21H18ClNO4. The van der Waals surface area contributed by atoms with Crippen molar-refractivity contribution in [3.05, 3.63) is 77.0 Å². The summed E-state index contributed by atoms with van der Waals surface area (Å²) in [5, 5.41) is 0.465. The van der Waals surface area contributed by atoms with Crippen molar-refractivity contribution in [1.29, 1.82) is 0 Å². The van der Waals surface area contributed by atoms with E-state index in [4.69, 9.17) is 25.8 Å². The van der Waals surface area contributed by atoms with E-state index in [0.29, 0.717) is 35.3 Å². The molecule has 2 aromatic rings. The molecule has 138 valence electrons. The van der Waals surface area contributed by atoms with E-state index >= 15 is 0 Å². The molecule has 0 aliphatic carbocycles. The van der Waals surface area contributed by atoms with Crippen LogP contribution in [0.4, 0.5) is 0 Å². The average molecular weight is 384 g/mol. The Morgan fingerprint density at radius 2 is 2.00 bits per heavy atom. The van der Waals surface area contributed by atoms with Gasteiger partial charge in [-0.3, -0.25) is 0 Å². The minimum Gasteiger partial charge on any atom is -0.490 e. The van der Waals surface area contributed by atoms with Crippen molar-refractivity contribution >= 4 is 29.5 Å². The molecular weight excluding hydrogens is 366 g/mol. The molecule has 0 saturated heterocycles. The van der Waals surface area contributed by atoms with Crippen molar-refractivity contribution in [2.45, 2.75) is 6.92 Å². The highest BCUT2D eigenvalue weighted by molar-refractivity contribution is 6.34. The lowest BCUT2D eigenvalue weighted by molar-refractivity contribution is -0.129. The van der Waals surface area contributed by atoms with Crippen LogP contribution in [-0.4, -0.2) is 25.1 Å². The van der Waals surface area contributed by atoms with Crippen LogP contribution in [0.5, 0.6) is 11.5 Å². The number of halogens is 1. The van der Waals surface area contributed by atoms with Crippen LogP contribution in [0.15, 0.2) is 65.8 Å². The van der Waals surface area contributed by atoms with Gasteiger partial charge in [0.05, 0.1) is 17.2 Å². The maximum atomic E-state index is 12.2. The van der Waals surface area contributed by atoms with E-state index in [-0.39, 0.29) is 11.6 Å². The smallest absolute Gasteiger partial charge is 0.363 e. The van der Waals surface area contributed by atoms with Crippen LogP contribution in [0, 0.1) is 0 Å². The fourth-order valence-electron chi connectivity index (χ4n) is 2.47. The van der Waals surface area contributed by atoms with Crippen LogP contribution in [-0.2, 0) is 9.53 Å². The van der Waals surface area contributed by atoms with Crippen molar-refractivity contribution in [3.8, 4) is 11.5 Å². The zero-order valence-corrected chi connectivity index (χ0v) is 15.5. The number of ether oxygens (including phenoxy) is 3. The van der Waals surface area contributed by atoms with Crippen LogP contribution in [0.1, 0.15) is 18.1 Å². The van der Waals surface area contributed by atoms with Gasteiger partial charge in [0, 0.05) is 0 Å². The minimum atomic E-state index is -0.533. The summed E-state index contributed by atoms with van der Waals surface area (Å²) in [5.74, 6) is 0.839. The molecule has 0 atom stereocenters. The van der Waals surface area contributed by atoms with Gasteiger partial charge in [-0.05, 0) is 42.8 Å². The molecule has 0 N–H and O–H groups in total. The number of carbonyl (C=O) groups excluding carboxylic acids is 1. The number of rotatable bonds is 7. The van der Waals surface area contributed by atoms with Gasteiger partial charge < -0.3 is 14.2 Å². The first-order valence-electron chi connectivity index (χ1n) is 8.40. The molecule has 0 bridgehead atoms. The van der Waals surface area contributed by atoms with Gasteiger partial charge in [0.25, 0.3) is 0 Å². The quantitative estimate of drug-likeness (QED) is 0.397. The third-order valence-electron chi connectivity index (χ3n) is 3.65. The topological polar surface area (TPSA) is 57.1 Å². The van der Waals surface area contributed by atoms with Crippen LogP contribution >= 0.6 is 11.6 Å². The molecule has 0 aromatic heterocycles. The monoisotopic (exact) mass is 383 g/mol. The largest absolute Gasteiger partial charge is 0.490 e. The predicted molar refractivity (Wildman–Crippen MR) is 105 cm³/mol. The lowest BCUT2D eigenvalue weighted by Crippen LogP contribution is -2.05. The van der Waals surface area contributed by atoms with Gasteiger partial charge in [-0.2, -0.15) is 0 Å². The van der Waals surface area contributed by atoms with Crippen LogP contribution in [0.25, 0.3) is 6.08 Å². The fraction of sp³-hybridized carbons (Fsp3) is 0.143. The lowest BCUT2D eigenvalue weighted by Gasteiger charge is -2.11. The van der Waals surface area contributed by atoms with Crippen molar-refractivity contribution in [2.75, 3.05) is 13.2 Å². The van der Waals surface area contributed by atoms with Crippen LogP contribution < -0.4 is 9.47 Å². The van der Waals surface area contributed by atoms with Gasteiger partial charge >= 0.3 is 5.97 Å². The maximum absolute atomic E-state index is 12.2. The summed E-state index contributed by atoms with van der Waals surface area (Å²) < 4.78 is 16.4. The molecule has 2 aromatic carbocycles. The number of benzene rings is 2. The summed E-state index contributed by atoms with van der Waals surface area (Å²) in [6, 6.07) is 12.4. The maximum Gasteiger partial charge on any atom is 0.363 e. The molecule has 0 radical (unpaired) electrons. The Hall–Kier alpha value is -3.05. The Balaban J connectivity index is 1.91. The molecule has 0 fully saturated rings. The second-order valence-electron chi connectivity index (χ2n) is 5.55. The van der Waals surface area contributed by atoms with E-state index in [2.05, 4.69) is 11.6 Å². The molecule has 3 rings (SSSR count). The fourth-order valence-corrected chi connectivity index (χ4v) is 2.68. The second kappa shape index (κ2) is 8.56. The Labute approximate surface area is 162 Å². The number of esters is 1. The van der Waals surface area contributed by atoms with Crippen molar-refractivity contribution in [1.82, 2.24) is 0 Å². The van der Waals surface area contributed by atoms with Crippen LogP contribution in [0.3, 0.4) is 0 Å². The molecule has 5 nitrogen and oxygen atoms in total. The van der Waals surface area contributed by atoms with E-state index in [1.165, 1.54) is 0 Å². The number of aliphatic imine (C=N–C) groups is 1. The average Bonchev–Trinajstić information content (AvgIpc) is 3.02. The number of carbonyl (C=O) groups is 1. The highest BCUT2D eigenvalue weighted by Gasteiger charge is 2.25. The van der Waals surface area contributed by atoms with Gasteiger partial charge in [0.2, 0.25) is 5.90 Å². The first-order valence-corrected chi connectivity index (χ1v) is 8.78. The summed E-state index contributed by atoms with van der Waals surface area (Å²) in [4.78, 5) is 16.5. The summed E-state index contributed by atoms with van der Waals surface area (Å²) in [6.45, 7) is 6.38. The Kier molecular flexibility index (Phi) is 5.94. The third-order valence-corrected chi connectivity index (χ3v) is 3.98. The lowest BCUT2D eigenvalue weighted by atomic mass is 10.1. The SMILES string of the molecule is C=CCOc1ccc(/C=C2\N=C(c3ccccc3Cl)OC2=O)cc1OCC. The highest BCUT2D eigenvalue weighted by atomic mass is 35.5. The highest BCUT2D eigenvalue weighted by Crippen LogP contribution is 2.30. The molecule has 0 unspecified atom stereocenters. The summed E-state index contributed by atoms with van der Waals surface area (Å²) >= 11 is 6.15. The van der Waals surface area contributed by atoms with Gasteiger partial charge in [-0.25, -0.2) is 9.79 Å². The summed E-state index contributed by atoms with van der Waals surface area (Å²) in [6.07, 6.45) is 3.29. The van der Waals surface area contributed by atoms with Crippen molar-refractivity contribution < 1.29 is 19.0 Å². The Morgan fingerprint density at radius 3 is 2.74 bits per heavy atom. The molecule has 0 saturated carbocycles. The van der Waals surface area contributed by atoms with Gasteiger partial charge in [0.1, 0.15) is 6.61 Å². The standard InChI is InChI=1S/C21H18ClNO4/c1-3-11-26-18-10-9-14(13-19(18)25-4-2)12-17-21(24)27-20(23-17)15-7-5-6-8-16(15)22/h3,5-10,12-13H,1,4,11H2,2H3/b17-12-. The molecule has 1 heterocycles. The van der Waals surface area contributed by atoms with E-state index in [9.17, 15) is 4.79 Å². The first-order chi connectivity index (χ1) is 13.1. The van der Waals surface area contributed by atoms with E-state index in [0.717, 1.165) is 5.56 Å². The number of hydrogen-bond acceptors (Lipinski definition) is 5. The van der Waals surface area contributed by atoms with Crippen molar-refractivity contribution in [2.24, 2.45) is 4.99 Å². The van der Waals surface area contributed by atoms with Crippen LogP contribution in [0.2, 0.25) is 5.02 Å². The number of hydrogen-bond donors (Lipinski definition) is 0. The molecule has 1 aliphatic heterocycles. The summed E-state index contributed by atoms with van der Waals surface area (Å²) in [5.41, 5.74) is 1.49. The van der Waals surface area contributed by atoms with Gasteiger partial charge in [-0.15, -0.1) is 0 Å². The van der Waals surface area contributed by atoms with E-state index < -0.39 is 5.97 Å². The molecule has 6 heteroatoms. The van der Waals surface area contributed by atoms with Crippen molar-refractivity contribution in [3.63, 3.8) is 0 Å².